The molecular weight excluding hydrogens is 202 g/mol. The summed E-state index contributed by atoms with van der Waals surface area (Å²) in [5, 5.41) is 0. The van der Waals surface area contributed by atoms with Crippen molar-refractivity contribution in [1.82, 2.24) is 0 Å². The number of hydrogen-bond acceptors (Lipinski definition) is 2. The van der Waals surface area contributed by atoms with Crippen molar-refractivity contribution in [2.24, 2.45) is 0 Å². The zero-order chi connectivity index (χ0) is 10.8. The zero-order valence-electron chi connectivity index (χ0n) is 8.00. The number of carbonyl (C=O) groups is 1. The highest BCUT2D eigenvalue weighted by atomic mass is 19.2. The fourth-order valence-electron chi connectivity index (χ4n) is 1.62. The molecule has 0 heterocycles. The second kappa shape index (κ2) is 3.96. The van der Waals surface area contributed by atoms with Gasteiger partial charge in [-0.05, 0) is 18.6 Å². The molecule has 0 spiro atoms. The Bertz CT molecular complexity index is 390. The van der Waals surface area contributed by atoms with Gasteiger partial charge in [-0.2, -0.15) is 0 Å². The lowest BCUT2D eigenvalue weighted by atomic mass is 10.3. The van der Waals surface area contributed by atoms with Crippen LogP contribution in [0.4, 0.5) is 8.78 Å². The number of rotatable bonds is 2. The standard InChI is InChI=1S/C11H10F2O2/c12-10-4-3-9(6-11(10)13)15-8-2-1-7(14)5-8/h3-4,6,8H,1-2,5H2. The van der Waals surface area contributed by atoms with Crippen molar-refractivity contribution in [1.29, 1.82) is 0 Å². The molecule has 0 aliphatic heterocycles. The van der Waals surface area contributed by atoms with Gasteiger partial charge in [0, 0.05) is 18.9 Å². The Morgan fingerprint density at radius 1 is 1.27 bits per heavy atom. The molecule has 0 bridgehead atoms. The van der Waals surface area contributed by atoms with Crippen LogP contribution in [0.1, 0.15) is 19.3 Å². The Kier molecular flexibility index (Phi) is 2.66. The molecule has 15 heavy (non-hydrogen) atoms. The molecule has 1 fully saturated rings. The first-order valence-electron chi connectivity index (χ1n) is 4.78. The lowest BCUT2D eigenvalue weighted by Gasteiger charge is -2.12. The second-order valence-electron chi connectivity index (χ2n) is 3.60. The van der Waals surface area contributed by atoms with E-state index in [2.05, 4.69) is 0 Å². The Morgan fingerprint density at radius 3 is 2.67 bits per heavy atom. The highest BCUT2D eigenvalue weighted by Crippen LogP contribution is 2.23. The molecule has 1 aliphatic rings. The quantitative estimate of drug-likeness (QED) is 0.752. The molecule has 0 N–H and O–H groups in total. The third-order valence-electron chi connectivity index (χ3n) is 2.39. The SMILES string of the molecule is O=C1CCC(Oc2ccc(F)c(F)c2)C1. The van der Waals surface area contributed by atoms with Gasteiger partial charge < -0.3 is 4.74 Å². The van der Waals surface area contributed by atoms with Crippen LogP contribution in [0.15, 0.2) is 18.2 Å². The predicted molar refractivity (Wildman–Crippen MR) is 49.6 cm³/mol. The van der Waals surface area contributed by atoms with Crippen molar-refractivity contribution in [2.75, 3.05) is 0 Å². The summed E-state index contributed by atoms with van der Waals surface area (Å²) in [7, 11) is 0. The first kappa shape index (κ1) is 10.1. The van der Waals surface area contributed by atoms with E-state index >= 15 is 0 Å². The fraction of sp³-hybridized carbons (Fsp3) is 0.364. The molecule has 1 unspecified atom stereocenters. The van der Waals surface area contributed by atoms with Crippen molar-refractivity contribution in [3.8, 4) is 5.75 Å². The number of hydrogen-bond donors (Lipinski definition) is 0. The molecule has 1 saturated carbocycles. The van der Waals surface area contributed by atoms with E-state index in [0.717, 1.165) is 12.1 Å². The normalized spacial score (nSPS) is 20.7. The van der Waals surface area contributed by atoms with Crippen LogP contribution in [0, 0.1) is 11.6 Å². The van der Waals surface area contributed by atoms with Gasteiger partial charge in [-0.15, -0.1) is 0 Å². The molecule has 1 aliphatic carbocycles. The molecular formula is C11H10F2O2. The van der Waals surface area contributed by atoms with Crippen LogP contribution < -0.4 is 4.74 Å². The van der Waals surface area contributed by atoms with E-state index < -0.39 is 11.6 Å². The van der Waals surface area contributed by atoms with E-state index in [1.165, 1.54) is 6.07 Å². The number of Topliss-reactive ketones (excluding diaryl/α,β-unsaturated/α-hetero) is 1. The first-order valence-corrected chi connectivity index (χ1v) is 4.78. The van der Waals surface area contributed by atoms with Gasteiger partial charge in [-0.1, -0.05) is 0 Å². The van der Waals surface area contributed by atoms with Crippen molar-refractivity contribution in [3.63, 3.8) is 0 Å². The minimum atomic E-state index is -0.933. The number of ketones is 1. The molecule has 4 heteroatoms. The minimum absolute atomic E-state index is 0.155. The summed E-state index contributed by atoms with van der Waals surface area (Å²) in [6, 6.07) is 3.38. The third kappa shape index (κ3) is 2.32. The highest BCUT2D eigenvalue weighted by Gasteiger charge is 2.23. The van der Waals surface area contributed by atoms with Gasteiger partial charge in [0.05, 0.1) is 0 Å². The largest absolute Gasteiger partial charge is 0.490 e. The fourth-order valence-corrected chi connectivity index (χ4v) is 1.62. The summed E-state index contributed by atoms with van der Waals surface area (Å²) in [5.41, 5.74) is 0. The second-order valence-corrected chi connectivity index (χ2v) is 3.60. The van der Waals surface area contributed by atoms with E-state index in [9.17, 15) is 13.6 Å². The molecule has 1 atom stereocenters. The van der Waals surface area contributed by atoms with Crippen molar-refractivity contribution < 1.29 is 18.3 Å². The monoisotopic (exact) mass is 212 g/mol. The summed E-state index contributed by atoms with van der Waals surface area (Å²) in [6.07, 6.45) is 1.33. The summed E-state index contributed by atoms with van der Waals surface area (Å²) < 4.78 is 30.8. The lowest BCUT2D eigenvalue weighted by molar-refractivity contribution is -0.117. The average molecular weight is 212 g/mol. The van der Waals surface area contributed by atoms with Crippen molar-refractivity contribution in [3.05, 3.63) is 29.8 Å². The summed E-state index contributed by atoms with van der Waals surface area (Å²) >= 11 is 0. The zero-order valence-corrected chi connectivity index (χ0v) is 8.00. The maximum absolute atomic E-state index is 12.8. The van der Waals surface area contributed by atoms with E-state index in [4.69, 9.17) is 4.74 Å². The van der Waals surface area contributed by atoms with Gasteiger partial charge in [-0.3, -0.25) is 4.79 Å². The van der Waals surface area contributed by atoms with Gasteiger partial charge >= 0.3 is 0 Å². The maximum Gasteiger partial charge on any atom is 0.162 e. The number of ether oxygens (including phenoxy) is 1. The smallest absolute Gasteiger partial charge is 0.162 e. The highest BCUT2D eigenvalue weighted by molar-refractivity contribution is 5.81. The predicted octanol–water partition coefficient (Wildman–Crippen LogP) is 2.47. The van der Waals surface area contributed by atoms with Gasteiger partial charge in [-0.25, -0.2) is 8.78 Å². The molecule has 2 nitrogen and oxygen atoms in total. The number of halogens is 2. The van der Waals surface area contributed by atoms with Gasteiger partial charge in [0.25, 0.3) is 0 Å². The molecule has 1 aromatic rings. The Labute approximate surface area is 85.9 Å². The molecule has 0 radical (unpaired) electrons. The van der Waals surface area contributed by atoms with E-state index in [-0.39, 0.29) is 17.6 Å². The molecule has 2 rings (SSSR count). The molecule has 0 amide bonds. The summed E-state index contributed by atoms with van der Waals surface area (Å²) in [6.45, 7) is 0. The number of benzene rings is 1. The average Bonchev–Trinajstić information content (AvgIpc) is 2.58. The van der Waals surface area contributed by atoms with Crippen molar-refractivity contribution >= 4 is 5.78 Å². The van der Waals surface area contributed by atoms with Gasteiger partial charge in [0.1, 0.15) is 17.6 Å². The molecule has 80 valence electrons. The third-order valence-corrected chi connectivity index (χ3v) is 2.39. The molecule has 0 saturated heterocycles. The van der Waals surface area contributed by atoms with Crippen LogP contribution in [0.25, 0.3) is 0 Å². The number of carbonyl (C=O) groups excluding carboxylic acids is 1. The minimum Gasteiger partial charge on any atom is -0.490 e. The van der Waals surface area contributed by atoms with E-state index in [1.807, 2.05) is 0 Å². The van der Waals surface area contributed by atoms with Crippen LogP contribution in [-0.4, -0.2) is 11.9 Å². The summed E-state index contributed by atoms with van der Waals surface area (Å²) in [5.74, 6) is -1.40. The summed E-state index contributed by atoms with van der Waals surface area (Å²) in [4.78, 5) is 11.0. The topological polar surface area (TPSA) is 26.3 Å². The van der Waals surface area contributed by atoms with Crippen LogP contribution in [0.5, 0.6) is 5.75 Å². The van der Waals surface area contributed by atoms with Gasteiger partial charge in [0.15, 0.2) is 11.6 Å². The van der Waals surface area contributed by atoms with Crippen LogP contribution in [0.3, 0.4) is 0 Å². The van der Waals surface area contributed by atoms with Crippen LogP contribution in [-0.2, 0) is 4.79 Å². The van der Waals surface area contributed by atoms with E-state index in [0.29, 0.717) is 19.3 Å². The Hall–Kier alpha value is -1.45. The Balaban J connectivity index is 2.05. The van der Waals surface area contributed by atoms with Gasteiger partial charge in [0.2, 0.25) is 0 Å². The van der Waals surface area contributed by atoms with Crippen molar-refractivity contribution in [2.45, 2.75) is 25.4 Å². The lowest BCUT2D eigenvalue weighted by Crippen LogP contribution is -2.12. The Morgan fingerprint density at radius 2 is 2.07 bits per heavy atom. The van der Waals surface area contributed by atoms with Crippen LogP contribution in [0.2, 0.25) is 0 Å². The maximum atomic E-state index is 12.8. The first-order chi connectivity index (χ1) is 7.15. The van der Waals surface area contributed by atoms with E-state index in [1.54, 1.807) is 0 Å². The van der Waals surface area contributed by atoms with Crippen LogP contribution >= 0.6 is 0 Å². The molecule has 0 aromatic heterocycles. The molecule has 1 aromatic carbocycles.